The minimum Gasteiger partial charge on any atom is -0.489 e. The highest BCUT2D eigenvalue weighted by molar-refractivity contribution is 5.31. The standard InChI is InChI=1S/C17H21NO/c1-13-6-7-16(10-14(13)2)12-19-17-5-3-4-15(11-17)8-9-18/h3-7,10-11H,8-9,12,18H2,1-2H3. The lowest BCUT2D eigenvalue weighted by atomic mass is 10.1. The van der Waals surface area contributed by atoms with E-state index in [9.17, 15) is 0 Å². The van der Waals surface area contributed by atoms with Crippen molar-refractivity contribution >= 4 is 0 Å². The van der Waals surface area contributed by atoms with Gasteiger partial charge in [-0.2, -0.15) is 0 Å². The molecule has 0 bridgehead atoms. The molecule has 2 rings (SSSR count). The van der Waals surface area contributed by atoms with E-state index < -0.39 is 0 Å². The van der Waals surface area contributed by atoms with Gasteiger partial charge in [0.2, 0.25) is 0 Å². The Kier molecular flexibility index (Phi) is 4.58. The summed E-state index contributed by atoms with van der Waals surface area (Å²) in [5.41, 5.74) is 10.6. The van der Waals surface area contributed by atoms with E-state index in [1.807, 2.05) is 12.1 Å². The van der Waals surface area contributed by atoms with E-state index in [0.717, 1.165) is 12.2 Å². The second kappa shape index (κ2) is 6.39. The lowest BCUT2D eigenvalue weighted by molar-refractivity contribution is 0.306. The molecule has 0 saturated carbocycles. The van der Waals surface area contributed by atoms with Crippen molar-refractivity contribution < 1.29 is 4.74 Å². The van der Waals surface area contributed by atoms with Crippen molar-refractivity contribution in [1.82, 2.24) is 0 Å². The first-order valence-electron chi connectivity index (χ1n) is 6.67. The predicted molar refractivity (Wildman–Crippen MR) is 79.4 cm³/mol. The fraction of sp³-hybridized carbons (Fsp3) is 0.294. The maximum Gasteiger partial charge on any atom is 0.120 e. The van der Waals surface area contributed by atoms with Gasteiger partial charge in [-0.15, -0.1) is 0 Å². The van der Waals surface area contributed by atoms with E-state index in [-0.39, 0.29) is 0 Å². The van der Waals surface area contributed by atoms with Crippen LogP contribution in [0.25, 0.3) is 0 Å². The summed E-state index contributed by atoms with van der Waals surface area (Å²) in [7, 11) is 0. The smallest absolute Gasteiger partial charge is 0.120 e. The van der Waals surface area contributed by atoms with Gasteiger partial charge in [-0.1, -0.05) is 30.3 Å². The maximum atomic E-state index is 5.83. The third-order valence-electron chi connectivity index (χ3n) is 3.31. The van der Waals surface area contributed by atoms with Gasteiger partial charge in [-0.05, 0) is 61.2 Å². The van der Waals surface area contributed by atoms with Crippen molar-refractivity contribution in [3.63, 3.8) is 0 Å². The monoisotopic (exact) mass is 255 g/mol. The van der Waals surface area contributed by atoms with Gasteiger partial charge in [-0.3, -0.25) is 0 Å². The molecule has 0 radical (unpaired) electrons. The molecule has 2 heteroatoms. The van der Waals surface area contributed by atoms with E-state index in [1.165, 1.54) is 22.3 Å². The average Bonchev–Trinajstić information content (AvgIpc) is 2.41. The van der Waals surface area contributed by atoms with Crippen LogP contribution in [-0.4, -0.2) is 6.54 Å². The first-order valence-corrected chi connectivity index (χ1v) is 6.67. The molecule has 0 spiro atoms. The first kappa shape index (κ1) is 13.6. The summed E-state index contributed by atoms with van der Waals surface area (Å²) in [4.78, 5) is 0. The van der Waals surface area contributed by atoms with Crippen LogP contribution in [0.1, 0.15) is 22.3 Å². The van der Waals surface area contributed by atoms with Crippen molar-refractivity contribution in [3.05, 3.63) is 64.7 Å². The van der Waals surface area contributed by atoms with E-state index in [4.69, 9.17) is 10.5 Å². The van der Waals surface area contributed by atoms with Crippen LogP contribution in [0.5, 0.6) is 5.75 Å². The van der Waals surface area contributed by atoms with Crippen molar-refractivity contribution in [2.45, 2.75) is 26.9 Å². The number of benzene rings is 2. The molecule has 0 aliphatic rings. The number of ether oxygens (including phenoxy) is 1. The minimum atomic E-state index is 0.604. The Labute approximate surface area is 115 Å². The van der Waals surface area contributed by atoms with Crippen molar-refractivity contribution in [2.75, 3.05) is 6.54 Å². The molecule has 0 fully saturated rings. The summed E-state index contributed by atoms with van der Waals surface area (Å²) in [6, 6.07) is 14.6. The van der Waals surface area contributed by atoms with Crippen LogP contribution in [0, 0.1) is 13.8 Å². The molecule has 0 aromatic heterocycles. The fourth-order valence-corrected chi connectivity index (χ4v) is 2.02. The summed E-state index contributed by atoms with van der Waals surface area (Å²) in [6.07, 6.45) is 0.890. The van der Waals surface area contributed by atoms with Crippen molar-refractivity contribution in [3.8, 4) is 5.75 Å². The number of nitrogens with two attached hydrogens (primary N) is 1. The third-order valence-corrected chi connectivity index (χ3v) is 3.31. The van der Waals surface area contributed by atoms with Gasteiger partial charge in [0.15, 0.2) is 0 Å². The highest BCUT2D eigenvalue weighted by Gasteiger charge is 2.00. The molecule has 19 heavy (non-hydrogen) atoms. The SMILES string of the molecule is Cc1ccc(COc2cccc(CCN)c2)cc1C. The van der Waals surface area contributed by atoms with Gasteiger partial charge in [0, 0.05) is 0 Å². The van der Waals surface area contributed by atoms with E-state index >= 15 is 0 Å². The Morgan fingerprint density at radius 3 is 2.53 bits per heavy atom. The summed E-state index contributed by atoms with van der Waals surface area (Å²) in [5.74, 6) is 0.907. The predicted octanol–water partition coefficient (Wildman–Crippen LogP) is 3.38. The maximum absolute atomic E-state index is 5.83. The Morgan fingerprint density at radius 1 is 0.947 bits per heavy atom. The van der Waals surface area contributed by atoms with E-state index in [2.05, 4.69) is 44.2 Å². The molecule has 0 aliphatic carbocycles. The summed E-state index contributed by atoms with van der Waals surface area (Å²) in [5, 5.41) is 0. The Bertz CT molecular complexity index is 549. The van der Waals surface area contributed by atoms with Gasteiger partial charge in [0.25, 0.3) is 0 Å². The zero-order chi connectivity index (χ0) is 13.7. The number of hydrogen-bond acceptors (Lipinski definition) is 2. The van der Waals surface area contributed by atoms with Crippen LogP contribution < -0.4 is 10.5 Å². The molecule has 100 valence electrons. The second-order valence-corrected chi connectivity index (χ2v) is 4.89. The molecule has 0 aliphatic heterocycles. The Hall–Kier alpha value is -1.80. The Balaban J connectivity index is 2.01. The van der Waals surface area contributed by atoms with Crippen LogP contribution in [0.2, 0.25) is 0 Å². The minimum absolute atomic E-state index is 0.604. The van der Waals surface area contributed by atoms with Gasteiger partial charge >= 0.3 is 0 Å². The molecule has 0 heterocycles. The largest absolute Gasteiger partial charge is 0.489 e. The first-order chi connectivity index (χ1) is 9.19. The topological polar surface area (TPSA) is 35.2 Å². The molecular weight excluding hydrogens is 234 g/mol. The third kappa shape index (κ3) is 3.83. The van der Waals surface area contributed by atoms with Crippen molar-refractivity contribution in [2.24, 2.45) is 5.73 Å². The summed E-state index contributed by atoms with van der Waals surface area (Å²) in [6.45, 7) is 5.52. The summed E-state index contributed by atoms with van der Waals surface area (Å²) >= 11 is 0. The van der Waals surface area contributed by atoms with E-state index in [1.54, 1.807) is 0 Å². The zero-order valence-corrected chi connectivity index (χ0v) is 11.6. The average molecular weight is 255 g/mol. The quantitative estimate of drug-likeness (QED) is 0.889. The highest BCUT2D eigenvalue weighted by Crippen LogP contribution is 2.16. The molecule has 0 amide bonds. The van der Waals surface area contributed by atoms with Crippen LogP contribution >= 0.6 is 0 Å². The van der Waals surface area contributed by atoms with Crippen LogP contribution in [0.3, 0.4) is 0 Å². The van der Waals surface area contributed by atoms with Gasteiger partial charge in [0.1, 0.15) is 12.4 Å². The normalized spacial score (nSPS) is 10.5. The molecule has 2 aromatic carbocycles. The molecule has 0 atom stereocenters. The summed E-state index contributed by atoms with van der Waals surface area (Å²) < 4.78 is 5.83. The van der Waals surface area contributed by atoms with E-state index in [0.29, 0.717) is 13.2 Å². The van der Waals surface area contributed by atoms with Gasteiger partial charge in [0.05, 0.1) is 0 Å². The number of aryl methyl sites for hydroxylation is 2. The lowest BCUT2D eigenvalue weighted by Crippen LogP contribution is -2.03. The number of hydrogen-bond donors (Lipinski definition) is 1. The second-order valence-electron chi connectivity index (χ2n) is 4.89. The molecule has 2 nitrogen and oxygen atoms in total. The molecular formula is C17H21NO. The van der Waals surface area contributed by atoms with Crippen LogP contribution in [-0.2, 0) is 13.0 Å². The fourth-order valence-electron chi connectivity index (χ4n) is 2.02. The van der Waals surface area contributed by atoms with Gasteiger partial charge < -0.3 is 10.5 Å². The molecule has 2 N–H and O–H groups in total. The molecule has 0 unspecified atom stereocenters. The highest BCUT2D eigenvalue weighted by atomic mass is 16.5. The molecule has 2 aromatic rings. The Morgan fingerprint density at radius 2 is 1.79 bits per heavy atom. The van der Waals surface area contributed by atoms with Gasteiger partial charge in [-0.25, -0.2) is 0 Å². The lowest BCUT2D eigenvalue weighted by Gasteiger charge is -2.09. The van der Waals surface area contributed by atoms with Crippen LogP contribution in [0.4, 0.5) is 0 Å². The number of rotatable bonds is 5. The molecule has 0 saturated heterocycles. The van der Waals surface area contributed by atoms with Crippen molar-refractivity contribution in [1.29, 1.82) is 0 Å². The zero-order valence-electron chi connectivity index (χ0n) is 11.6. The van der Waals surface area contributed by atoms with Crippen LogP contribution in [0.15, 0.2) is 42.5 Å².